The Hall–Kier alpha value is 0.0200. The van der Waals surface area contributed by atoms with Crippen LogP contribution < -0.4 is 0 Å². The van der Waals surface area contributed by atoms with Gasteiger partial charge in [-0.15, -0.1) is 11.8 Å². The topological polar surface area (TPSA) is 12.4 Å². The highest BCUT2D eigenvalue weighted by molar-refractivity contribution is 8.12. The average Bonchev–Trinajstić information content (AvgIpc) is 1.72. The van der Waals surface area contributed by atoms with E-state index in [-0.39, 0.29) is 0 Å². The van der Waals surface area contributed by atoms with E-state index in [4.69, 9.17) is 0 Å². The highest BCUT2D eigenvalue weighted by Gasteiger charge is 1.88. The molecule has 0 aliphatic carbocycles. The van der Waals surface area contributed by atoms with E-state index in [2.05, 4.69) is 11.4 Å². The van der Waals surface area contributed by atoms with Crippen molar-refractivity contribution in [3.8, 4) is 0 Å². The number of hydrogen-bond donors (Lipinski definition) is 0. The van der Waals surface area contributed by atoms with Gasteiger partial charge in [0.15, 0.2) is 0 Å². The lowest BCUT2D eigenvalue weighted by molar-refractivity contribution is 1.15. The van der Waals surface area contributed by atoms with Crippen LogP contribution in [0.1, 0.15) is 0 Å². The zero-order valence-corrected chi connectivity index (χ0v) is 4.24. The lowest BCUT2D eigenvalue weighted by Crippen LogP contribution is -1.91. The van der Waals surface area contributed by atoms with Gasteiger partial charge in [0.2, 0.25) is 0 Å². The van der Waals surface area contributed by atoms with Gasteiger partial charge in [-0.2, -0.15) is 0 Å². The molecule has 2 heteroatoms. The van der Waals surface area contributed by atoms with Crippen molar-refractivity contribution in [1.82, 2.24) is 0 Å². The minimum atomic E-state index is 0.924. The van der Waals surface area contributed by atoms with Crippen LogP contribution in [0.5, 0.6) is 0 Å². The maximum absolute atomic E-state index is 3.96. The largest absolute Gasteiger partial charge is 0.286 e. The minimum Gasteiger partial charge on any atom is -0.286 e. The summed E-state index contributed by atoms with van der Waals surface area (Å²) in [6.45, 7) is 0.924. The molecule has 1 radical (unpaired) electrons. The van der Waals surface area contributed by atoms with Crippen LogP contribution in [-0.2, 0) is 0 Å². The number of aliphatic imine (C=N–C) groups is 1. The van der Waals surface area contributed by atoms with Gasteiger partial charge in [-0.05, 0) is 6.42 Å². The van der Waals surface area contributed by atoms with E-state index < -0.39 is 0 Å². The zero-order valence-electron chi connectivity index (χ0n) is 3.42. The number of nitrogens with zero attached hydrogens (tertiary/aromatic N) is 1. The molecule has 1 nitrogen and oxygen atoms in total. The van der Waals surface area contributed by atoms with Crippen LogP contribution in [0, 0.1) is 6.42 Å². The third kappa shape index (κ3) is 1.01. The summed E-state index contributed by atoms with van der Waals surface area (Å²) in [6.07, 6.45) is 2.16. The van der Waals surface area contributed by atoms with Gasteiger partial charge in [0.25, 0.3) is 0 Å². The molecule has 0 bridgehead atoms. The quantitative estimate of drug-likeness (QED) is 0.441. The number of rotatable bonds is 0. The normalized spacial score (nSPS) is 21.3. The molecule has 1 aliphatic heterocycles. The third-order valence-electron chi connectivity index (χ3n) is 0.598. The van der Waals surface area contributed by atoms with E-state index in [0.717, 1.165) is 12.3 Å². The minimum absolute atomic E-state index is 0.924. The molecule has 0 N–H and O–H groups in total. The molecular weight excluding hydrogens is 94.1 g/mol. The molecule has 0 saturated carbocycles. The van der Waals surface area contributed by atoms with E-state index in [0.29, 0.717) is 0 Å². The molecule has 0 fully saturated rings. The van der Waals surface area contributed by atoms with Gasteiger partial charge in [0.1, 0.15) is 0 Å². The molecule has 6 heavy (non-hydrogen) atoms. The highest BCUT2D eigenvalue weighted by atomic mass is 32.2. The van der Waals surface area contributed by atoms with Crippen LogP contribution in [-0.4, -0.2) is 17.8 Å². The Balaban J connectivity index is 2.26. The fourth-order valence-electron chi connectivity index (χ4n) is 0.334. The van der Waals surface area contributed by atoms with Crippen molar-refractivity contribution in [2.75, 3.05) is 12.3 Å². The number of thioether (sulfide) groups is 1. The SMILES string of the molecule is [CH]1CN=CSC1. The maximum Gasteiger partial charge on any atom is 0.0541 e. The summed E-state index contributed by atoms with van der Waals surface area (Å²) < 4.78 is 0. The Labute approximate surface area is 41.8 Å². The molecule has 0 saturated heterocycles. The second kappa shape index (κ2) is 2.24. The van der Waals surface area contributed by atoms with Gasteiger partial charge in [0.05, 0.1) is 5.55 Å². The third-order valence-corrected chi connectivity index (χ3v) is 1.32. The van der Waals surface area contributed by atoms with Crippen LogP contribution in [0.25, 0.3) is 0 Å². The molecule has 0 aromatic rings. The monoisotopic (exact) mass is 100 g/mol. The Morgan fingerprint density at radius 1 is 1.67 bits per heavy atom. The van der Waals surface area contributed by atoms with Gasteiger partial charge in [0, 0.05) is 12.3 Å². The molecule has 1 heterocycles. The van der Waals surface area contributed by atoms with Crippen molar-refractivity contribution in [2.45, 2.75) is 0 Å². The van der Waals surface area contributed by atoms with Gasteiger partial charge in [-0.3, -0.25) is 4.99 Å². The van der Waals surface area contributed by atoms with Crippen molar-refractivity contribution < 1.29 is 0 Å². The first-order valence-corrected chi connectivity index (χ1v) is 2.96. The first kappa shape index (κ1) is 4.19. The van der Waals surface area contributed by atoms with E-state index in [1.54, 1.807) is 11.8 Å². The van der Waals surface area contributed by atoms with Crippen LogP contribution in [0.3, 0.4) is 0 Å². The van der Waals surface area contributed by atoms with Crippen LogP contribution >= 0.6 is 11.8 Å². The fraction of sp³-hybridized carbons (Fsp3) is 0.500. The van der Waals surface area contributed by atoms with Gasteiger partial charge in [-0.1, -0.05) is 0 Å². The molecule has 0 atom stereocenters. The van der Waals surface area contributed by atoms with Crippen molar-refractivity contribution in [3.63, 3.8) is 0 Å². The average molecular weight is 100 g/mol. The van der Waals surface area contributed by atoms with E-state index in [1.165, 1.54) is 0 Å². The molecule has 0 amide bonds. The fourth-order valence-corrected chi connectivity index (χ4v) is 0.853. The first-order chi connectivity index (χ1) is 3.00. The molecule has 33 valence electrons. The van der Waals surface area contributed by atoms with Gasteiger partial charge < -0.3 is 0 Å². The Bertz CT molecular complexity index is 52.6. The van der Waals surface area contributed by atoms with E-state index in [9.17, 15) is 0 Å². The summed E-state index contributed by atoms with van der Waals surface area (Å²) >= 11 is 1.75. The highest BCUT2D eigenvalue weighted by Crippen LogP contribution is 2.01. The summed E-state index contributed by atoms with van der Waals surface area (Å²) in [5.74, 6) is 1.14. The van der Waals surface area contributed by atoms with Crippen LogP contribution in [0.2, 0.25) is 0 Å². The summed E-state index contributed by atoms with van der Waals surface area (Å²) in [5, 5.41) is 0. The van der Waals surface area contributed by atoms with E-state index in [1.807, 2.05) is 5.55 Å². The van der Waals surface area contributed by atoms with Crippen LogP contribution in [0.15, 0.2) is 4.99 Å². The standard InChI is InChI=1S/C4H6NS/c1-2-5-4-6-3-1/h1,4H,2-3H2. The zero-order chi connectivity index (χ0) is 4.24. The molecule has 0 unspecified atom stereocenters. The predicted molar refractivity (Wildman–Crippen MR) is 30.1 cm³/mol. The Kier molecular flexibility index (Phi) is 1.56. The lowest BCUT2D eigenvalue weighted by atomic mass is 10.5. The first-order valence-electron chi connectivity index (χ1n) is 1.92. The van der Waals surface area contributed by atoms with Crippen molar-refractivity contribution >= 4 is 17.3 Å². The van der Waals surface area contributed by atoms with Gasteiger partial charge >= 0.3 is 0 Å². The van der Waals surface area contributed by atoms with Crippen LogP contribution in [0.4, 0.5) is 0 Å². The Morgan fingerprint density at radius 2 is 2.67 bits per heavy atom. The predicted octanol–water partition coefficient (Wildman–Crippen LogP) is 0.966. The Morgan fingerprint density at radius 3 is 2.83 bits per heavy atom. The summed E-state index contributed by atoms with van der Waals surface area (Å²) in [4.78, 5) is 3.96. The van der Waals surface area contributed by atoms with Crippen molar-refractivity contribution in [2.24, 2.45) is 4.99 Å². The lowest BCUT2D eigenvalue weighted by Gasteiger charge is -1.96. The molecular formula is C4H6NS. The van der Waals surface area contributed by atoms with Crippen molar-refractivity contribution in [1.29, 1.82) is 0 Å². The maximum atomic E-state index is 3.96. The summed E-state index contributed by atoms with van der Waals surface area (Å²) in [5.41, 5.74) is 1.90. The smallest absolute Gasteiger partial charge is 0.0541 e. The molecule has 1 aliphatic rings. The second-order valence-electron chi connectivity index (χ2n) is 1.09. The molecule has 1 rings (SSSR count). The summed E-state index contributed by atoms with van der Waals surface area (Å²) in [6, 6.07) is 0. The molecule has 0 aromatic carbocycles. The van der Waals surface area contributed by atoms with Crippen molar-refractivity contribution in [3.05, 3.63) is 6.42 Å². The van der Waals surface area contributed by atoms with Gasteiger partial charge in [-0.25, -0.2) is 0 Å². The number of hydrogen-bond acceptors (Lipinski definition) is 2. The van der Waals surface area contributed by atoms with E-state index >= 15 is 0 Å². The molecule has 0 spiro atoms. The summed E-state index contributed by atoms with van der Waals surface area (Å²) in [7, 11) is 0. The second-order valence-corrected chi connectivity index (χ2v) is 1.97. The molecule has 0 aromatic heterocycles.